The summed E-state index contributed by atoms with van der Waals surface area (Å²) in [6.07, 6.45) is 0.687. The predicted octanol–water partition coefficient (Wildman–Crippen LogP) is 3.86. The lowest BCUT2D eigenvalue weighted by Crippen LogP contribution is -2.27. The van der Waals surface area contributed by atoms with Crippen LogP contribution in [0.25, 0.3) is 0 Å². The Kier molecular flexibility index (Phi) is 5.35. The van der Waals surface area contributed by atoms with Crippen molar-refractivity contribution in [1.29, 1.82) is 0 Å². The molecule has 21 heavy (non-hydrogen) atoms. The van der Waals surface area contributed by atoms with E-state index in [-0.39, 0.29) is 5.56 Å². The van der Waals surface area contributed by atoms with Crippen molar-refractivity contribution in [3.05, 3.63) is 28.8 Å². The van der Waals surface area contributed by atoms with E-state index in [2.05, 4.69) is 5.32 Å². The molecule has 1 aromatic carbocycles. The van der Waals surface area contributed by atoms with Gasteiger partial charge in [-0.25, -0.2) is 9.59 Å². The second-order valence-corrected chi connectivity index (χ2v) is 5.76. The molecule has 0 unspecified atom stereocenters. The minimum Gasteiger partial charge on any atom is -0.478 e. The number of carboxylic acid groups (broad SMARTS) is 1. The molecular formula is C16H23NO4. The van der Waals surface area contributed by atoms with Gasteiger partial charge >= 0.3 is 12.1 Å². The molecule has 0 spiro atoms. The number of carbonyl (C=O) groups is 2. The van der Waals surface area contributed by atoms with Crippen molar-refractivity contribution in [2.75, 3.05) is 5.32 Å². The Morgan fingerprint density at radius 1 is 1.14 bits per heavy atom. The van der Waals surface area contributed by atoms with E-state index in [1.165, 1.54) is 6.07 Å². The summed E-state index contributed by atoms with van der Waals surface area (Å²) >= 11 is 0. The van der Waals surface area contributed by atoms with E-state index >= 15 is 0 Å². The van der Waals surface area contributed by atoms with Gasteiger partial charge in [-0.05, 0) is 56.9 Å². The molecule has 5 heteroatoms. The fraction of sp³-hybridized carbons (Fsp3) is 0.500. The number of anilines is 1. The number of benzene rings is 1. The van der Waals surface area contributed by atoms with Crippen LogP contribution in [-0.4, -0.2) is 22.8 Å². The number of hydrogen-bond acceptors (Lipinski definition) is 3. The van der Waals surface area contributed by atoms with E-state index in [0.717, 1.165) is 11.1 Å². The molecule has 0 atom stereocenters. The van der Waals surface area contributed by atoms with Crippen molar-refractivity contribution in [3.63, 3.8) is 0 Å². The van der Waals surface area contributed by atoms with E-state index < -0.39 is 17.7 Å². The topological polar surface area (TPSA) is 75.6 Å². The zero-order valence-corrected chi connectivity index (χ0v) is 13.2. The SMILES string of the molecule is CCc1c(NC(=O)OC(C)(C)C)ccc(C(=O)O)c1CC. The number of rotatable bonds is 4. The van der Waals surface area contributed by atoms with E-state index in [4.69, 9.17) is 4.74 Å². The normalized spacial score (nSPS) is 11.1. The van der Waals surface area contributed by atoms with E-state index in [9.17, 15) is 14.7 Å². The number of nitrogens with one attached hydrogen (secondary N) is 1. The number of carbonyl (C=O) groups excluding carboxylic acids is 1. The van der Waals surface area contributed by atoms with Crippen LogP contribution in [0, 0.1) is 0 Å². The summed E-state index contributed by atoms with van der Waals surface area (Å²) in [6.45, 7) is 9.20. The summed E-state index contributed by atoms with van der Waals surface area (Å²) in [4.78, 5) is 23.1. The highest BCUT2D eigenvalue weighted by Gasteiger charge is 2.19. The standard InChI is InChI=1S/C16H23NO4/c1-6-10-11(7-2)13(9-8-12(10)14(18)19)17-15(20)21-16(3,4)5/h8-9H,6-7H2,1-5H3,(H,17,20)(H,18,19). The highest BCUT2D eigenvalue weighted by molar-refractivity contribution is 5.93. The molecule has 0 saturated carbocycles. The van der Waals surface area contributed by atoms with Gasteiger partial charge in [0.1, 0.15) is 5.60 Å². The Morgan fingerprint density at radius 2 is 1.71 bits per heavy atom. The van der Waals surface area contributed by atoms with Crippen molar-refractivity contribution in [1.82, 2.24) is 0 Å². The maximum absolute atomic E-state index is 11.9. The average Bonchev–Trinajstić information content (AvgIpc) is 2.35. The van der Waals surface area contributed by atoms with Crippen LogP contribution in [0.5, 0.6) is 0 Å². The summed E-state index contributed by atoms with van der Waals surface area (Å²) in [5, 5.41) is 11.9. The summed E-state index contributed by atoms with van der Waals surface area (Å²) in [5.41, 5.74) is 1.89. The molecular weight excluding hydrogens is 270 g/mol. The van der Waals surface area contributed by atoms with Gasteiger partial charge in [0, 0.05) is 5.69 Å². The Bertz CT molecular complexity index is 544. The second-order valence-electron chi connectivity index (χ2n) is 5.76. The lowest BCUT2D eigenvalue weighted by Gasteiger charge is -2.21. The monoisotopic (exact) mass is 293 g/mol. The molecule has 1 aromatic rings. The third-order valence-corrected chi connectivity index (χ3v) is 3.00. The lowest BCUT2D eigenvalue weighted by atomic mass is 9.95. The summed E-state index contributed by atoms with van der Waals surface area (Å²) in [6, 6.07) is 3.14. The molecule has 1 amide bonds. The van der Waals surface area contributed by atoms with Crippen LogP contribution in [0.1, 0.15) is 56.1 Å². The smallest absolute Gasteiger partial charge is 0.412 e. The maximum Gasteiger partial charge on any atom is 0.412 e. The number of aromatic carboxylic acids is 1. The molecule has 5 nitrogen and oxygen atoms in total. The molecule has 0 bridgehead atoms. The third kappa shape index (κ3) is 4.48. The average molecular weight is 293 g/mol. The van der Waals surface area contributed by atoms with Crippen LogP contribution in [0.4, 0.5) is 10.5 Å². The van der Waals surface area contributed by atoms with Gasteiger partial charge in [-0.2, -0.15) is 0 Å². The van der Waals surface area contributed by atoms with Crippen LogP contribution >= 0.6 is 0 Å². The first-order chi connectivity index (χ1) is 9.69. The van der Waals surface area contributed by atoms with Crippen LogP contribution < -0.4 is 5.32 Å². The summed E-state index contributed by atoms with van der Waals surface area (Å²) in [7, 11) is 0. The Morgan fingerprint density at radius 3 is 2.14 bits per heavy atom. The Hall–Kier alpha value is -2.04. The third-order valence-electron chi connectivity index (χ3n) is 3.00. The van der Waals surface area contributed by atoms with Gasteiger partial charge in [0.05, 0.1) is 5.56 Å². The first kappa shape index (κ1) is 17.0. The van der Waals surface area contributed by atoms with Crippen LogP contribution in [-0.2, 0) is 17.6 Å². The van der Waals surface area contributed by atoms with Crippen LogP contribution in [0.2, 0.25) is 0 Å². The number of hydrogen-bond donors (Lipinski definition) is 2. The van der Waals surface area contributed by atoms with Gasteiger partial charge in [-0.15, -0.1) is 0 Å². The Balaban J connectivity index is 3.14. The first-order valence-corrected chi connectivity index (χ1v) is 7.07. The zero-order chi connectivity index (χ0) is 16.2. The zero-order valence-electron chi connectivity index (χ0n) is 13.2. The van der Waals surface area contributed by atoms with Crippen LogP contribution in [0.15, 0.2) is 12.1 Å². The van der Waals surface area contributed by atoms with Gasteiger partial charge in [-0.1, -0.05) is 13.8 Å². The number of carboxylic acids is 1. The van der Waals surface area contributed by atoms with Gasteiger partial charge in [0.15, 0.2) is 0 Å². The van der Waals surface area contributed by atoms with Crippen molar-refractivity contribution in [2.45, 2.75) is 53.1 Å². The predicted molar refractivity (Wildman–Crippen MR) is 82.0 cm³/mol. The molecule has 0 aliphatic heterocycles. The highest BCUT2D eigenvalue weighted by Crippen LogP contribution is 2.26. The largest absolute Gasteiger partial charge is 0.478 e. The Labute approximate surface area is 125 Å². The number of amides is 1. The minimum absolute atomic E-state index is 0.282. The first-order valence-electron chi connectivity index (χ1n) is 7.07. The van der Waals surface area contributed by atoms with Gasteiger partial charge in [-0.3, -0.25) is 5.32 Å². The summed E-state index contributed by atoms with van der Waals surface area (Å²) in [5.74, 6) is -0.953. The second kappa shape index (κ2) is 6.61. The van der Waals surface area contributed by atoms with E-state index in [1.54, 1.807) is 26.8 Å². The van der Waals surface area contributed by atoms with Crippen molar-refractivity contribution < 1.29 is 19.4 Å². The van der Waals surface area contributed by atoms with Gasteiger partial charge in [0.2, 0.25) is 0 Å². The highest BCUT2D eigenvalue weighted by atomic mass is 16.6. The molecule has 1 rings (SSSR count). The van der Waals surface area contributed by atoms with Crippen molar-refractivity contribution in [2.24, 2.45) is 0 Å². The quantitative estimate of drug-likeness (QED) is 0.884. The van der Waals surface area contributed by atoms with Crippen molar-refractivity contribution >= 4 is 17.7 Å². The maximum atomic E-state index is 11.9. The molecule has 116 valence electrons. The molecule has 0 radical (unpaired) electrons. The molecule has 0 aliphatic carbocycles. The fourth-order valence-corrected chi connectivity index (χ4v) is 2.23. The number of ether oxygens (including phenoxy) is 1. The van der Waals surface area contributed by atoms with Gasteiger partial charge in [0.25, 0.3) is 0 Å². The molecule has 0 fully saturated rings. The van der Waals surface area contributed by atoms with Gasteiger partial charge < -0.3 is 9.84 Å². The van der Waals surface area contributed by atoms with E-state index in [0.29, 0.717) is 18.5 Å². The lowest BCUT2D eigenvalue weighted by molar-refractivity contribution is 0.0634. The molecule has 0 aliphatic rings. The minimum atomic E-state index is -0.953. The van der Waals surface area contributed by atoms with Crippen LogP contribution in [0.3, 0.4) is 0 Å². The molecule has 2 N–H and O–H groups in total. The molecule has 0 heterocycles. The fourth-order valence-electron chi connectivity index (χ4n) is 2.23. The van der Waals surface area contributed by atoms with Crippen molar-refractivity contribution in [3.8, 4) is 0 Å². The summed E-state index contributed by atoms with van der Waals surface area (Å²) < 4.78 is 5.23. The molecule has 0 aromatic heterocycles. The molecule has 0 saturated heterocycles. The van der Waals surface area contributed by atoms with E-state index in [1.807, 2.05) is 13.8 Å².